The topological polar surface area (TPSA) is 72.1 Å². The summed E-state index contributed by atoms with van der Waals surface area (Å²) in [6, 6.07) is 0. The number of aromatic nitrogens is 3. The largest absolute Gasteiger partial charge is 0.384 e. The van der Waals surface area contributed by atoms with Crippen LogP contribution in [0.5, 0.6) is 0 Å². The van der Waals surface area contributed by atoms with Gasteiger partial charge in [-0.05, 0) is 26.2 Å². The highest BCUT2D eigenvalue weighted by molar-refractivity contribution is 5.25. The van der Waals surface area contributed by atoms with E-state index in [1.807, 2.05) is 0 Å². The molecule has 2 aliphatic rings. The van der Waals surface area contributed by atoms with Crippen LogP contribution in [0.25, 0.3) is 0 Å². The van der Waals surface area contributed by atoms with Gasteiger partial charge in [-0.15, -0.1) is 5.10 Å². The molecule has 2 atom stereocenters. The lowest BCUT2D eigenvalue weighted by Gasteiger charge is -2.41. The minimum atomic E-state index is 0.224. The zero-order valence-electron chi connectivity index (χ0n) is 12.3. The summed E-state index contributed by atoms with van der Waals surface area (Å²) in [5.74, 6) is 1.98. The molecule has 2 heterocycles. The number of hydrogen-bond acceptors (Lipinski definition) is 5. The van der Waals surface area contributed by atoms with Crippen molar-refractivity contribution >= 4 is 5.95 Å². The Bertz CT molecular complexity index is 444. The molecule has 20 heavy (non-hydrogen) atoms. The lowest BCUT2D eigenvalue weighted by atomic mass is 9.69. The first kappa shape index (κ1) is 13.8. The molecule has 2 fully saturated rings. The third-order valence-corrected chi connectivity index (χ3v) is 4.72. The van der Waals surface area contributed by atoms with Gasteiger partial charge in [-0.3, -0.25) is 5.10 Å². The Morgan fingerprint density at radius 2 is 2.35 bits per heavy atom. The van der Waals surface area contributed by atoms with Crippen LogP contribution in [0.15, 0.2) is 0 Å². The van der Waals surface area contributed by atoms with E-state index in [2.05, 4.69) is 27.4 Å². The van der Waals surface area contributed by atoms with Gasteiger partial charge < -0.3 is 14.8 Å². The van der Waals surface area contributed by atoms with E-state index in [4.69, 9.17) is 9.47 Å². The molecule has 0 bridgehead atoms. The molecule has 1 saturated carbocycles. The van der Waals surface area contributed by atoms with Crippen molar-refractivity contribution < 1.29 is 9.47 Å². The number of H-pyrrole nitrogens is 1. The summed E-state index contributed by atoms with van der Waals surface area (Å²) in [4.78, 5) is 4.57. The van der Waals surface area contributed by atoms with Crippen molar-refractivity contribution in [1.29, 1.82) is 0 Å². The molecule has 2 unspecified atom stereocenters. The monoisotopic (exact) mass is 280 g/mol. The summed E-state index contributed by atoms with van der Waals surface area (Å²) in [6.07, 6.45) is 4.98. The van der Waals surface area contributed by atoms with Gasteiger partial charge in [0.2, 0.25) is 5.95 Å². The van der Waals surface area contributed by atoms with Crippen LogP contribution >= 0.6 is 0 Å². The van der Waals surface area contributed by atoms with E-state index < -0.39 is 0 Å². The summed E-state index contributed by atoms with van der Waals surface area (Å²) in [5, 5.41) is 10.7. The van der Waals surface area contributed by atoms with E-state index in [0.717, 1.165) is 32.0 Å². The van der Waals surface area contributed by atoms with Crippen LogP contribution in [-0.4, -0.2) is 48.2 Å². The number of hydrogen-bond donors (Lipinski definition) is 2. The fourth-order valence-corrected chi connectivity index (χ4v) is 3.23. The number of aromatic amines is 1. The number of nitrogens with one attached hydrogen (secondary N) is 2. The Balaban J connectivity index is 1.57. The molecule has 0 amide bonds. The molecule has 6 heteroatoms. The standard InChI is InChI=1S/C14H24N4O2/c1-10-11(4-7-20-10)12-16-13(18-17-12)15-8-14(9-19-2)5-3-6-14/h10-11H,3-9H2,1-2H3,(H2,15,16,17,18). The zero-order valence-corrected chi connectivity index (χ0v) is 12.3. The Kier molecular flexibility index (Phi) is 3.94. The predicted octanol–water partition coefficient (Wildman–Crippen LogP) is 1.93. The average molecular weight is 280 g/mol. The van der Waals surface area contributed by atoms with Crippen molar-refractivity contribution in [3.8, 4) is 0 Å². The SMILES string of the molecule is COCC1(CNc2n[nH]c(C3CCOC3C)n2)CCC1. The summed E-state index contributed by atoms with van der Waals surface area (Å²) < 4.78 is 10.9. The fourth-order valence-electron chi connectivity index (χ4n) is 3.23. The number of methoxy groups -OCH3 is 1. The maximum Gasteiger partial charge on any atom is 0.242 e. The van der Waals surface area contributed by atoms with Crippen molar-refractivity contribution in [3.63, 3.8) is 0 Å². The minimum absolute atomic E-state index is 0.224. The molecule has 1 aromatic heterocycles. The van der Waals surface area contributed by atoms with Gasteiger partial charge in [0.25, 0.3) is 0 Å². The minimum Gasteiger partial charge on any atom is -0.384 e. The molecule has 0 aromatic carbocycles. The first-order valence-corrected chi connectivity index (χ1v) is 7.49. The highest BCUT2D eigenvalue weighted by Crippen LogP contribution is 2.41. The lowest BCUT2D eigenvalue weighted by Crippen LogP contribution is -2.40. The number of ether oxygens (including phenoxy) is 2. The summed E-state index contributed by atoms with van der Waals surface area (Å²) >= 11 is 0. The van der Waals surface area contributed by atoms with Gasteiger partial charge in [0.05, 0.1) is 12.7 Å². The maximum absolute atomic E-state index is 5.58. The molecule has 1 saturated heterocycles. The van der Waals surface area contributed by atoms with Gasteiger partial charge in [-0.2, -0.15) is 4.98 Å². The highest BCUT2D eigenvalue weighted by Gasteiger charge is 2.37. The normalized spacial score (nSPS) is 28.3. The maximum atomic E-state index is 5.58. The fraction of sp³-hybridized carbons (Fsp3) is 0.857. The molecule has 1 aliphatic heterocycles. The smallest absolute Gasteiger partial charge is 0.242 e. The van der Waals surface area contributed by atoms with Crippen LogP contribution in [0, 0.1) is 5.41 Å². The summed E-state index contributed by atoms with van der Waals surface area (Å²) in [5.41, 5.74) is 0.277. The highest BCUT2D eigenvalue weighted by atomic mass is 16.5. The molecule has 0 radical (unpaired) electrons. The molecule has 6 nitrogen and oxygen atoms in total. The van der Waals surface area contributed by atoms with E-state index in [9.17, 15) is 0 Å². The Morgan fingerprint density at radius 3 is 2.95 bits per heavy atom. The third-order valence-electron chi connectivity index (χ3n) is 4.72. The molecule has 0 spiro atoms. The second-order valence-corrected chi connectivity index (χ2v) is 6.16. The van der Waals surface area contributed by atoms with Crippen LogP contribution < -0.4 is 5.32 Å². The van der Waals surface area contributed by atoms with Gasteiger partial charge in [0.1, 0.15) is 5.82 Å². The van der Waals surface area contributed by atoms with Crippen LogP contribution in [0.3, 0.4) is 0 Å². The van der Waals surface area contributed by atoms with Crippen molar-refractivity contribution in [2.45, 2.75) is 44.6 Å². The van der Waals surface area contributed by atoms with Gasteiger partial charge >= 0.3 is 0 Å². The first-order chi connectivity index (χ1) is 9.72. The number of rotatable bonds is 6. The van der Waals surface area contributed by atoms with Crippen LogP contribution in [0.2, 0.25) is 0 Å². The molecule has 112 valence electrons. The second-order valence-electron chi connectivity index (χ2n) is 6.16. The van der Waals surface area contributed by atoms with Crippen molar-refractivity contribution in [2.75, 3.05) is 32.2 Å². The van der Waals surface area contributed by atoms with E-state index in [-0.39, 0.29) is 11.5 Å². The quantitative estimate of drug-likeness (QED) is 0.833. The first-order valence-electron chi connectivity index (χ1n) is 7.49. The Hall–Kier alpha value is -1.14. The van der Waals surface area contributed by atoms with Gasteiger partial charge in [-0.1, -0.05) is 6.42 Å². The van der Waals surface area contributed by atoms with Gasteiger partial charge in [0.15, 0.2) is 0 Å². The van der Waals surface area contributed by atoms with Crippen molar-refractivity contribution in [3.05, 3.63) is 5.82 Å². The van der Waals surface area contributed by atoms with Crippen LogP contribution in [-0.2, 0) is 9.47 Å². The Morgan fingerprint density at radius 1 is 1.50 bits per heavy atom. The zero-order chi connectivity index (χ0) is 14.0. The molecular formula is C14H24N4O2. The molecule has 2 N–H and O–H groups in total. The van der Waals surface area contributed by atoms with E-state index >= 15 is 0 Å². The van der Waals surface area contributed by atoms with Gasteiger partial charge in [0, 0.05) is 31.6 Å². The summed E-state index contributed by atoms with van der Waals surface area (Å²) in [6.45, 7) is 4.60. The number of anilines is 1. The third kappa shape index (κ3) is 2.67. The van der Waals surface area contributed by atoms with E-state index in [1.165, 1.54) is 19.3 Å². The molecule has 3 rings (SSSR count). The van der Waals surface area contributed by atoms with E-state index in [1.54, 1.807) is 7.11 Å². The Labute approximate surface area is 119 Å². The number of nitrogens with zero attached hydrogens (tertiary/aromatic N) is 2. The second kappa shape index (κ2) is 5.69. The van der Waals surface area contributed by atoms with Crippen molar-refractivity contribution in [1.82, 2.24) is 15.2 Å². The van der Waals surface area contributed by atoms with E-state index in [0.29, 0.717) is 11.9 Å². The van der Waals surface area contributed by atoms with Crippen LogP contribution in [0.4, 0.5) is 5.95 Å². The van der Waals surface area contributed by atoms with Crippen molar-refractivity contribution in [2.24, 2.45) is 5.41 Å². The average Bonchev–Trinajstić information content (AvgIpc) is 3.01. The molecule has 1 aromatic rings. The molecule has 1 aliphatic carbocycles. The summed E-state index contributed by atoms with van der Waals surface area (Å²) in [7, 11) is 1.77. The lowest BCUT2D eigenvalue weighted by molar-refractivity contribution is 0.0281. The van der Waals surface area contributed by atoms with Gasteiger partial charge in [-0.25, -0.2) is 0 Å². The van der Waals surface area contributed by atoms with Crippen LogP contribution in [0.1, 0.15) is 44.3 Å². The predicted molar refractivity (Wildman–Crippen MR) is 75.8 cm³/mol. The molecular weight excluding hydrogens is 256 g/mol.